The minimum Gasteiger partial charge on any atom is -0.508 e. The van der Waals surface area contributed by atoms with Gasteiger partial charge in [0.2, 0.25) is 0 Å². The van der Waals surface area contributed by atoms with Crippen LogP contribution in [0, 0.1) is 0 Å². The van der Waals surface area contributed by atoms with E-state index in [9.17, 15) is 9.90 Å². The summed E-state index contributed by atoms with van der Waals surface area (Å²) in [7, 11) is 3.04. The van der Waals surface area contributed by atoms with Gasteiger partial charge in [0.25, 0.3) is 0 Å². The van der Waals surface area contributed by atoms with Crippen molar-refractivity contribution in [2.75, 3.05) is 20.8 Å². The van der Waals surface area contributed by atoms with Crippen molar-refractivity contribution in [2.45, 2.75) is 25.1 Å². The van der Waals surface area contributed by atoms with E-state index in [1.54, 1.807) is 25.3 Å². The summed E-state index contributed by atoms with van der Waals surface area (Å²) in [5.41, 5.74) is 0.927. The van der Waals surface area contributed by atoms with E-state index in [2.05, 4.69) is 15.9 Å². The third-order valence-electron chi connectivity index (χ3n) is 3.57. The number of methoxy groups -OCH3 is 2. The average molecular weight is 344 g/mol. The SMILES string of the molecule is COC(=O)C1CC(OC)CN1Cc1cc(O)ccc1Br. The fourth-order valence-electron chi connectivity index (χ4n) is 2.49. The topological polar surface area (TPSA) is 59.0 Å². The Bertz CT molecular complexity index is 494. The molecule has 0 radical (unpaired) electrons. The molecule has 0 amide bonds. The van der Waals surface area contributed by atoms with E-state index in [0.717, 1.165) is 10.0 Å². The van der Waals surface area contributed by atoms with Crippen LogP contribution in [0.1, 0.15) is 12.0 Å². The van der Waals surface area contributed by atoms with Crippen molar-refractivity contribution in [3.8, 4) is 5.75 Å². The van der Waals surface area contributed by atoms with Gasteiger partial charge in [0.15, 0.2) is 0 Å². The maximum Gasteiger partial charge on any atom is 0.323 e. The van der Waals surface area contributed by atoms with Gasteiger partial charge in [0, 0.05) is 31.1 Å². The standard InChI is InChI=1S/C14H18BrNO4/c1-19-11-6-13(14(18)20-2)16(8-11)7-9-5-10(17)3-4-12(9)15/h3-5,11,13,17H,6-8H2,1-2H3. The van der Waals surface area contributed by atoms with Crippen molar-refractivity contribution < 1.29 is 19.4 Å². The third-order valence-corrected chi connectivity index (χ3v) is 4.35. The quantitative estimate of drug-likeness (QED) is 0.846. The largest absolute Gasteiger partial charge is 0.508 e. The minimum absolute atomic E-state index is 0.0233. The summed E-state index contributed by atoms with van der Waals surface area (Å²) in [6.45, 7) is 1.22. The van der Waals surface area contributed by atoms with E-state index in [4.69, 9.17) is 9.47 Å². The number of esters is 1. The first kappa shape index (κ1) is 15.3. The third kappa shape index (κ3) is 3.31. The Morgan fingerprint density at radius 2 is 2.25 bits per heavy atom. The van der Waals surface area contributed by atoms with E-state index in [0.29, 0.717) is 19.5 Å². The second-order valence-corrected chi connectivity index (χ2v) is 5.69. The summed E-state index contributed by atoms with van der Waals surface area (Å²) in [5.74, 6) is -0.0406. The molecule has 1 aliphatic rings. The number of ether oxygens (including phenoxy) is 2. The van der Waals surface area contributed by atoms with Gasteiger partial charge in [-0.3, -0.25) is 9.69 Å². The number of halogens is 1. The first-order chi connectivity index (χ1) is 9.55. The summed E-state index contributed by atoms with van der Waals surface area (Å²) in [4.78, 5) is 13.9. The number of phenols is 1. The number of aromatic hydroxyl groups is 1. The molecule has 2 rings (SSSR count). The van der Waals surface area contributed by atoms with Crippen LogP contribution >= 0.6 is 15.9 Å². The van der Waals surface area contributed by atoms with Gasteiger partial charge in [0.05, 0.1) is 13.2 Å². The first-order valence-electron chi connectivity index (χ1n) is 6.37. The zero-order valence-electron chi connectivity index (χ0n) is 11.5. The smallest absolute Gasteiger partial charge is 0.323 e. The van der Waals surface area contributed by atoms with Crippen molar-refractivity contribution >= 4 is 21.9 Å². The maximum absolute atomic E-state index is 11.8. The maximum atomic E-state index is 11.8. The number of carbonyl (C=O) groups is 1. The number of carbonyl (C=O) groups excluding carboxylic acids is 1. The van der Waals surface area contributed by atoms with Crippen LogP contribution < -0.4 is 0 Å². The Morgan fingerprint density at radius 1 is 1.50 bits per heavy atom. The van der Waals surface area contributed by atoms with E-state index < -0.39 is 0 Å². The Labute approximate surface area is 126 Å². The van der Waals surface area contributed by atoms with Gasteiger partial charge in [0.1, 0.15) is 11.8 Å². The Hall–Kier alpha value is -1.11. The highest BCUT2D eigenvalue weighted by molar-refractivity contribution is 9.10. The van der Waals surface area contributed by atoms with Crippen LogP contribution in [-0.2, 0) is 20.8 Å². The molecule has 5 nitrogen and oxygen atoms in total. The normalized spacial score (nSPS) is 22.9. The molecular formula is C14H18BrNO4. The lowest BCUT2D eigenvalue weighted by Gasteiger charge is -2.22. The monoisotopic (exact) mass is 343 g/mol. The van der Waals surface area contributed by atoms with Crippen LogP contribution in [-0.4, -0.2) is 48.9 Å². The summed E-state index contributed by atoms with van der Waals surface area (Å²) >= 11 is 3.46. The van der Waals surface area contributed by atoms with Gasteiger partial charge >= 0.3 is 5.97 Å². The van der Waals surface area contributed by atoms with Crippen LogP contribution in [0.4, 0.5) is 0 Å². The number of rotatable bonds is 4. The first-order valence-corrected chi connectivity index (χ1v) is 7.16. The molecule has 110 valence electrons. The molecule has 1 aliphatic heterocycles. The molecule has 0 aliphatic carbocycles. The van der Waals surface area contributed by atoms with Crippen LogP contribution in [0.3, 0.4) is 0 Å². The van der Waals surface area contributed by atoms with Crippen LogP contribution in [0.15, 0.2) is 22.7 Å². The predicted molar refractivity (Wildman–Crippen MR) is 77.4 cm³/mol. The number of benzene rings is 1. The highest BCUT2D eigenvalue weighted by Crippen LogP contribution is 2.28. The van der Waals surface area contributed by atoms with E-state index in [-0.39, 0.29) is 23.9 Å². The number of nitrogens with zero attached hydrogens (tertiary/aromatic N) is 1. The molecule has 1 N–H and O–H groups in total. The van der Waals surface area contributed by atoms with E-state index >= 15 is 0 Å². The van der Waals surface area contributed by atoms with Crippen molar-refractivity contribution in [3.63, 3.8) is 0 Å². The fraction of sp³-hybridized carbons (Fsp3) is 0.500. The van der Waals surface area contributed by atoms with Crippen molar-refractivity contribution in [1.29, 1.82) is 0 Å². The lowest BCUT2D eigenvalue weighted by atomic mass is 10.1. The Kier molecular flexibility index (Phi) is 5.01. The van der Waals surface area contributed by atoms with Crippen molar-refractivity contribution in [2.24, 2.45) is 0 Å². The molecule has 0 aromatic heterocycles. The Balaban J connectivity index is 2.17. The molecule has 1 aromatic rings. The number of likely N-dealkylation sites (tertiary alicyclic amines) is 1. The molecule has 0 saturated carbocycles. The fourth-order valence-corrected chi connectivity index (χ4v) is 2.86. The molecule has 6 heteroatoms. The van der Waals surface area contributed by atoms with Crippen molar-refractivity contribution in [3.05, 3.63) is 28.2 Å². The molecule has 0 bridgehead atoms. The molecular weight excluding hydrogens is 326 g/mol. The predicted octanol–water partition coefficient (Wildman–Crippen LogP) is 1.92. The highest BCUT2D eigenvalue weighted by atomic mass is 79.9. The Morgan fingerprint density at radius 3 is 2.90 bits per heavy atom. The second-order valence-electron chi connectivity index (χ2n) is 4.84. The number of phenolic OH excluding ortho intramolecular Hbond substituents is 1. The second kappa shape index (κ2) is 6.56. The summed E-state index contributed by atoms with van der Waals surface area (Å²) < 4.78 is 11.1. The van der Waals surface area contributed by atoms with E-state index in [1.807, 2.05) is 4.90 Å². The zero-order chi connectivity index (χ0) is 14.7. The molecule has 20 heavy (non-hydrogen) atoms. The molecule has 2 unspecified atom stereocenters. The molecule has 1 saturated heterocycles. The summed E-state index contributed by atoms with van der Waals surface area (Å²) in [6.07, 6.45) is 0.648. The lowest BCUT2D eigenvalue weighted by molar-refractivity contribution is -0.146. The van der Waals surface area contributed by atoms with Gasteiger partial charge < -0.3 is 14.6 Å². The van der Waals surface area contributed by atoms with Gasteiger partial charge in [-0.15, -0.1) is 0 Å². The van der Waals surface area contributed by atoms with Crippen LogP contribution in [0.5, 0.6) is 5.75 Å². The van der Waals surface area contributed by atoms with Crippen LogP contribution in [0.2, 0.25) is 0 Å². The zero-order valence-corrected chi connectivity index (χ0v) is 13.1. The van der Waals surface area contributed by atoms with Crippen molar-refractivity contribution in [1.82, 2.24) is 4.90 Å². The highest BCUT2D eigenvalue weighted by Gasteiger charge is 2.37. The van der Waals surface area contributed by atoms with E-state index in [1.165, 1.54) is 7.11 Å². The molecule has 1 aromatic carbocycles. The van der Waals surface area contributed by atoms with Crippen LogP contribution in [0.25, 0.3) is 0 Å². The van der Waals surface area contributed by atoms with Gasteiger partial charge in [-0.05, 0) is 23.8 Å². The lowest BCUT2D eigenvalue weighted by Crippen LogP contribution is -2.36. The molecule has 2 atom stereocenters. The number of hydrogen-bond donors (Lipinski definition) is 1. The number of hydrogen-bond acceptors (Lipinski definition) is 5. The van der Waals surface area contributed by atoms with Gasteiger partial charge in [-0.2, -0.15) is 0 Å². The molecule has 1 heterocycles. The average Bonchev–Trinajstić information content (AvgIpc) is 2.85. The summed E-state index contributed by atoms with van der Waals surface area (Å²) in [5, 5.41) is 9.58. The van der Waals surface area contributed by atoms with Gasteiger partial charge in [-0.1, -0.05) is 15.9 Å². The molecule has 0 spiro atoms. The summed E-state index contributed by atoms with van der Waals surface area (Å²) in [6, 6.07) is 4.80. The minimum atomic E-state index is -0.306. The molecule has 1 fully saturated rings. The van der Waals surface area contributed by atoms with Gasteiger partial charge in [-0.25, -0.2) is 0 Å².